The maximum atomic E-state index is 12.3. The van der Waals surface area contributed by atoms with Gasteiger partial charge in [-0.25, -0.2) is 4.79 Å². The number of aromatic nitrogens is 1. The first kappa shape index (κ1) is 19.8. The highest BCUT2D eigenvalue weighted by atomic mass is 16.5. The molecule has 26 heavy (non-hydrogen) atoms. The van der Waals surface area contributed by atoms with E-state index < -0.39 is 0 Å². The molecule has 5 nitrogen and oxygen atoms in total. The molecule has 2 aromatic rings. The standard InChI is InChI=1S/C21H28N2O3/c1-6-26-21(25)20-14(2)18(16(4)23(20)5)12-13-19(24)22-15(3)17-10-8-7-9-11-17/h7-11,15H,6,12-13H2,1-5H3,(H,22,24). The average Bonchev–Trinajstić information content (AvgIpc) is 2.83. The van der Waals surface area contributed by atoms with Crippen LogP contribution in [0.5, 0.6) is 0 Å². The highest BCUT2D eigenvalue weighted by molar-refractivity contribution is 5.90. The predicted octanol–water partition coefficient (Wildman–Crippen LogP) is 3.63. The summed E-state index contributed by atoms with van der Waals surface area (Å²) in [6.45, 7) is 8.00. The van der Waals surface area contributed by atoms with Crippen molar-refractivity contribution in [2.75, 3.05) is 6.61 Å². The molecule has 5 heteroatoms. The van der Waals surface area contributed by atoms with Crippen LogP contribution in [0.25, 0.3) is 0 Å². The van der Waals surface area contributed by atoms with Crippen LogP contribution in [0.15, 0.2) is 30.3 Å². The van der Waals surface area contributed by atoms with E-state index in [4.69, 9.17) is 4.74 Å². The topological polar surface area (TPSA) is 60.3 Å². The van der Waals surface area contributed by atoms with Gasteiger partial charge in [0.15, 0.2) is 0 Å². The summed E-state index contributed by atoms with van der Waals surface area (Å²) in [5.41, 5.74) is 4.58. The summed E-state index contributed by atoms with van der Waals surface area (Å²) in [5, 5.41) is 3.03. The lowest BCUT2D eigenvalue weighted by Gasteiger charge is -2.14. The maximum Gasteiger partial charge on any atom is 0.355 e. The summed E-state index contributed by atoms with van der Waals surface area (Å²) in [6.07, 6.45) is 0.976. The molecule has 1 unspecified atom stereocenters. The van der Waals surface area contributed by atoms with Crippen molar-refractivity contribution in [2.45, 2.75) is 46.6 Å². The number of hydrogen-bond acceptors (Lipinski definition) is 3. The first-order valence-corrected chi connectivity index (χ1v) is 9.03. The molecule has 1 amide bonds. The number of esters is 1. The number of carbonyl (C=O) groups excluding carboxylic acids is 2. The van der Waals surface area contributed by atoms with Crippen LogP contribution in [0.3, 0.4) is 0 Å². The van der Waals surface area contributed by atoms with Crippen LogP contribution in [-0.2, 0) is 23.0 Å². The molecule has 0 fully saturated rings. The Morgan fingerprint density at radius 2 is 1.85 bits per heavy atom. The van der Waals surface area contributed by atoms with Crippen molar-refractivity contribution in [3.05, 3.63) is 58.4 Å². The summed E-state index contributed by atoms with van der Waals surface area (Å²) in [5.74, 6) is -0.314. The van der Waals surface area contributed by atoms with Crippen LogP contribution >= 0.6 is 0 Å². The number of nitrogens with zero attached hydrogens (tertiary/aromatic N) is 1. The van der Waals surface area contributed by atoms with Gasteiger partial charge in [-0.3, -0.25) is 4.79 Å². The number of rotatable bonds is 7. The highest BCUT2D eigenvalue weighted by Gasteiger charge is 2.22. The van der Waals surface area contributed by atoms with Crippen LogP contribution in [0.4, 0.5) is 0 Å². The molecule has 0 saturated carbocycles. The minimum atomic E-state index is -0.316. The molecule has 0 saturated heterocycles. The fraction of sp³-hybridized carbons (Fsp3) is 0.429. The largest absolute Gasteiger partial charge is 0.461 e. The van der Waals surface area contributed by atoms with Gasteiger partial charge in [0, 0.05) is 19.2 Å². The zero-order valence-electron chi connectivity index (χ0n) is 16.3. The molecule has 1 N–H and O–H groups in total. The van der Waals surface area contributed by atoms with Crippen molar-refractivity contribution in [2.24, 2.45) is 7.05 Å². The summed E-state index contributed by atoms with van der Waals surface area (Å²) in [6, 6.07) is 9.86. The fourth-order valence-corrected chi connectivity index (χ4v) is 3.27. The van der Waals surface area contributed by atoms with Gasteiger partial charge in [0.1, 0.15) is 5.69 Å². The molecule has 1 atom stereocenters. The third-order valence-corrected chi connectivity index (χ3v) is 4.83. The maximum absolute atomic E-state index is 12.3. The third-order valence-electron chi connectivity index (χ3n) is 4.83. The van der Waals surface area contributed by atoms with Gasteiger partial charge in [-0.15, -0.1) is 0 Å². The fourth-order valence-electron chi connectivity index (χ4n) is 3.27. The molecule has 1 aromatic carbocycles. The minimum absolute atomic E-state index is 0.00157. The molecule has 0 aliphatic heterocycles. The minimum Gasteiger partial charge on any atom is -0.461 e. The van der Waals surface area contributed by atoms with Crippen LogP contribution in [0, 0.1) is 13.8 Å². The zero-order valence-corrected chi connectivity index (χ0v) is 16.3. The van der Waals surface area contributed by atoms with Gasteiger partial charge < -0.3 is 14.6 Å². The van der Waals surface area contributed by atoms with Gasteiger partial charge in [0.2, 0.25) is 5.91 Å². The van der Waals surface area contributed by atoms with E-state index in [1.807, 2.05) is 62.7 Å². The molecule has 2 rings (SSSR count). The molecule has 1 aromatic heterocycles. The van der Waals surface area contributed by atoms with E-state index in [1.54, 1.807) is 6.92 Å². The Morgan fingerprint density at radius 1 is 1.19 bits per heavy atom. The van der Waals surface area contributed by atoms with E-state index in [1.165, 1.54) is 0 Å². The Hall–Kier alpha value is -2.56. The number of amides is 1. The van der Waals surface area contributed by atoms with Gasteiger partial charge in [-0.2, -0.15) is 0 Å². The van der Waals surface area contributed by atoms with Crippen LogP contribution in [-0.4, -0.2) is 23.1 Å². The quantitative estimate of drug-likeness (QED) is 0.771. The summed E-state index contributed by atoms with van der Waals surface area (Å²) >= 11 is 0. The second kappa shape index (κ2) is 8.70. The Kier molecular flexibility index (Phi) is 6.61. The van der Waals surface area contributed by atoms with Gasteiger partial charge in [0.25, 0.3) is 0 Å². The van der Waals surface area contributed by atoms with Crippen LogP contribution in [0.1, 0.15) is 59.2 Å². The molecule has 0 bridgehead atoms. The number of ether oxygens (including phenoxy) is 1. The molecule has 1 heterocycles. The summed E-state index contributed by atoms with van der Waals surface area (Å²) < 4.78 is 7.00. The molecule has 0 radical (unpaired) electrons. The van der Waals surface area contributed by atoms with E-state index in [9.17, 15) is 9.59 Å². The first-order valence-electron chi connectivity index (χ1n) is 9.03. The van der Waals surface area contributed by atoms with E-state index in [2.05, 4.69) is 5.32 Å². The lowest BCUT2D eigenvalue weighted by atomic mass is 10.0. The van der Waals surface area contributed by atoms with Crippen molar-refractivity contribution in [1.29, 1.82) is 0 Å². The lowest BCUT2D eigenvalue weighted by molar-refractivity contribution is -0.121. The zero-order chi connectivity index (χ0) is 19.3. The third kappa shape index (κ3) is 4.34. The normalized spacial score (nSPS) is 11.9. The Morgan fingerprint density at radius 3 is 2.46 bits per heavy atom. The molecule has 0 aliphatic rings. The first-order chi connectivity index (χ1) is 12.4. The van der Waals surface area contributed by atoms with E-state index in [0.717, 1.165) is 22.4 Å². The van der Waals surface area contributed by atoms with Crippen LogP contribution < -0.4 is 5.32 Å². The average molecular weight is 356 g/mol. The van der Waals surface area contributed by atoms with Gasteiger partial charge >= 0.3 is 5.97 Å². The second-order valence-electron chi connectivity index (χ2n) is 6.52. The molecule has 0 spiro atoms. The van der Waals surface area contributed by atoms with E-state index in [0.29, 0.717) is 25.1 Å². The number of hydrogen-bond donors (Lipinski definition) is 1. The predicted molar refractivity (Wildman–Crippen MR) is 102 cm³/mol. The smallest absolute Gasteiger partial charge is 0.355 e. The molecular formula is C21H28N2O3. The van der Waals surface area contributed by atoms with Gasteiger partial charge in [0.05, 0.1) is 12.6 Å². The van der Waals surface area contributed by atoms with Crippen molar-refractivity contribution < 1.29 is 14.3 Å². The monoisotopic (exact) mass is 356 g/mol. The Bertz CT molecular complexity index is 778. The van der Waals surface area contributed by atoms with Crippen LogP contribution in [0.2, 0.25) is 0 Å². The van der Waals surface area contributed by atoms with E-state index in [-0.39, 0.29) is 17.9 Å². The van der Waals surface area contributed by atoms with Crippen molar-refractivity contribution in [1.82, 2.24) is 9.88 Å². The number of nitrogens with one attached hydrogen (secondary N) is 1. The van der Waals surface area contributed by atoms with Crippen molar-refractivity contribution >= 4 is 11.9 Å². The number of benzene rings is 1. The second-order valence-corrected chi connectivity index (χ2v) is 6.52. The molecular weight excluding hydrogens is 328 g/mol. The molecule has 0 aliphatic carbocycles. The number of carbonyl (C=O) groups is 2. The molecule has 140 valence electrons. The summed E-state index contributed by atoms with van der Waals surface area (Å²) in [7, 11) is 1.86. The van der Waals surface area contributed by atoms with Gasteiger partial charge in [-0.05, 0) is 50.8 Å². The Balaban J connectivity index is 2.04. The lowest BCUT2D eigenvalue weighted by Crippen LogP contribution is -2.26. The van der Waals surface area contributed by atoms with Crippen molar-refractivity contribution in [3.63, 3.8) is 0 Å². The van der Waals surface area contributed by atoms with E-state index >= 15 is 0 Å². The van der Waals surface area contributed by atoms with Gasteiger partial charge in [-0.1, -0.05) is 30.3 Å². The highest BCUT2D eigenvalue weighted by Crippen LogP contribution is 2.23. The Labute approximate surface area is 155 Å². The summed E-state index contributed by atoms with van der Waals surface area (Å²) in [4.78, 5) is 24.5. The van der Waals surface area contributed by atoms with Crippen molar-refractivity contribution in [3.8, 4) is 0 Å². The SMILES string of the molecule is CCOC(=O)c1c(C)c(CCC(=O)NC(C)c2ccccc2)c(C)n1C.